The number of benzene rings is 2. The van der Waals surface area contributed by atoms with E-state index in [1.807, 2.05) is 18.7 Å². The van der Waals surface area contributed by atoms with Crippen molar-refractivity contribution in [2.75, 3.05) is 43.4 Å². The van der Waals surface area contributed by atoms with Crippen molar-refractivity contribution in [3.63, 3.8) is 0 Å². The number of thiophene rings is 1. The molecule has 0 aliphatic carbocycles. The highest BCUT2D eigenvalue weighted by molar-refractivity contribution is 7.23. The number of hydrogen-bond donors (Lipinski definition) is 1. The summed E-state index contributed by atoms with van der Waals surface area (Å²) >= 11 is 8.19. The molecular formula is C35H33ClF2N8O2S. The van der Waals surface area contributed by atoms with Gasteiger partial charge in [-0.05, 0) is 57.0 Å². The fraction of sp³-hybridized carbons (Fsp3) is 0.400. The van der Waals surface area contributed by atoms with E-state index in [4.69, 9.17) is 38.6 Å². The SMILES string of the molecule is [C-]#[N+]c1c(N)sc2c(F)ccc(-c3c(C#N)cc4c(N5C[C@@H](C)N(C(=O)C=C)C[C@@H]5C)nc(OC[C@@]56CCCN5C[C@H](F)C6)nc4c3Cl)c12. The van der Waals surface area contributed by atoms with Crippen LogP contribution in [0.2, 0.25) is 5.02 Å². The maximum absolute atomic E-state index is 15.0. The molecule has 252 valence electrons. The first kappa shape index (κ1) is 33.0. The summed E-state index contributed by atoms with van der Waals surface area (Å²) in [4.78, 5) is 31.8. The van der Waals surface area contributed by atoms with E-state index in [1.54, 1.807) is 11.0 Å². The van der Waals surface area contributed by atoms with Gasteiger partial charge in [-0.1, -0.05) is 24.2 Å². The van der Waals surface area contributed by atoms with Crippen LogP contribution in [0.15, 0.2) is 30.9 Å². The molecule has 0 spiro atoms. The van der Waals surface area contributed by atoms with Crippen LogP contribution in [0.5, 0.6) is 6.01 Å². The van der Waals surface area contributed by atoms with Gasteiger partial charge in [-0.3, -0.25) is 9.69 Å². The largest absolute Gasteiger partial charge is 0.461 e. The molecule has 3 fully saturated rings. The van der Waals surface area contributed by atoms with Crippen molar-refractivity contribution in [3.8, 4) is 23.2 Å². The zero-order chi connectivity index (χ0) is 34.8. The number of nitriles is 1. The summed E-state index contributed by atoms with van der Waals surface area (Å²) < 4.78 is 36.1. The molecule has 2 aromatic heterocycles. The molecular weight excluding hydrogens is 670 g/mol. The molecule has 2 aromatic carbocycles. The van der Waals surface area contributed by atoms with Gasteiger partial charge in [0.1, 0.15) is 24.4 Å². The fourth-order valence-corrected chi connectivity index (χ4v) is 9.10. The van der Waals surface area contributed by atoms with Crippen molar-refractivity contribution in [1.29, 1.82) is 5.26 Å². The Kier molecular flexibility index (Phi) is 8.34. The number of amides is 1. The number of aromatic nitrogens is 2. The molecule has 7 rings (SSSR count). The lowest BCUT2D eigenvalue weighted by atomic mass is 9.94. The number of hydrogen-bond acceptors (Lipinski definition) is 9. The van der Waals surface area contributed by atoms with Crippen LogP contribution < -0.4 is 15.4 Å². The Morgan fingerprint density at radius 2 is 2.12 bits per heavy atom. The van der Waals surface area contributed by atoms with Crippen molar-refractivity contribution in [2.45, 2.75) is 56.9 Å². The maximum Gasteiger partial charge on any atom is 0.319 e. The maximum atomic E-state index is 15.0. The number of fused-ring (bicyclic) bond motifs is 3. The minimum Gasteiger partial charge on any atom is -0.461 e. The molecule has 0 radical (unpaired) electrons. The standard InChI is InChI=1S/C35H33ClF2N8O2S/c1-5-25(47)45-14-19(3)46(15-18(45)2)33-23-11-20(13-39)26(22-7-8-24(38)31-27(22)30(41-4)32(40)49-31)28(36)29(23)42-34(43-33)48-17-35-9-6-10-44(35)16-21(37)12-35/h5,7-8,11,18-19,21H,1,6,9-10,12,14-17,40H2,2-3H3/t18-,19+,21-,35+/m1/s1. The predicted molar refractivity (Wildman–Crippen MR) is 187 cm³/mol. The number of nitrogens with zero attached hydrogens (tertiary/aromatic N) is 7. The number of nitrogen functional groups attached to an aromatic ring is 1. The second kappa shape index (κ2) is 12.4. The van der Waals surface area contributed by atoms with Gasteiger partial charge in [0.25, 0.3) is 0 Å². The van der Waals surface area contributed by atoms with E-state index >= 15 is 4.39 Å². The van der Waals surface area contributed by atoms with E-state index in [9.17, 15) is 14.4 Å². The number of anilines is 2. The Morgan fingerprint density at radius 3 is 2.86 bits per heavy atom. The number of carbonyl (C=O) groups excluding carboxylic acids is 1. The van der Waals surface area contributed by atoms with Gasteiger partial charge >= 0.3 is 6.01 Å². The third-order valence-electron chi connectivity index (χ3n) is 10.1. The van der Waals surface area contributed by atoms with E-state index in [0.717, 1.165) is 30.7 Å². The van der Waals surface area contributed by atoms with Crippen LogP contribution in [0.1, 0.15) is 38.7 Å². The van der Waals surface area contributed by atoms with Crippen LogP contribution in [0.25, 0.3) is 37.0 Å². The lowest BCUT2D eigenvalue weighted by Gasteiger charge is -2.44. The van der Waals surface area contributed by atoms with E-state index in [1.165, 1.54) is 18.2 Å². The second-order valence-corrected chi connectivity index (χ2v) is 14.5. The number of piperazine rings is 1. The number of ether oxygens (including phenoxy) is 1. The predicted octanol–water partition coefficient (Wildman–Crippen LogP) is 6.88. The zero-order valence-electron chi connectivity index (χ0n) is 27.0. The quantitative estimate of drug-likeness (QED) is 0.171. The number of alkyl halides is 1. The Hall–Kier alpha value is -4.56. The average Bonchev–Trinajstić information content (AvgIpc) is 3.73. The third kappa shape index (κ3) is 5.32. The van der Waals surface area contributed by atoms with E-state index in [0.29, 0.717) is 48.3 Å². The molecule has 3 aliphatic heterocycles. The smallest absolute Gasteiger partial charge is 0.319 e. The highest BCUT2D eigenvalue weighted by Gasteiger charge is 2.49. The van der Waals surface area contributed by atoms with E-state index in [-0.39, 0.29) is 67.5 Å². The number of halogens is 3. The molecule has 49 heavy (non-hydrogen) atoms. The van der Waals surface area contributed by atoms with Gasteiger partial charge in [0.15, 0.2) is 0 Å². The molecule has 3 aliphatic rings. The van der Waals surface area contributed by atoms with Crippen molar-refractivity contribution in [1.82, 2.24) is 19.8 Å². The lowest BCUT2D eigenvalue weighted by Crippen LogP contribution is -2.58. The topological polar surface area (TPSA) is 116 Å². The van der Waals surface area contributed by atoms with Gasteiger partial charge in [-0.2, -0.15) is 15.2 Å². The first-order chi connectivity index (χ1) is 23.5. The summed E-state index contributed by atoms with van der Waals surface area (Å²) in [6.45, 7) is 17.5. The van der Waals surface area contributed by atoms with E-state index < -0.39 is 17.5 Å². The summed E-state index contributed by atoms with van der Waals surface area (Å²) in [6, 6.07) is 6.29. The molecule has 14 heteroatoms. The Balaban J connectivity index is 1.42. The van der Waals surface area contributed by atoms with Gasteiger partial charge in [0.05, 0.1) is 44.0 Å². The van der Waals surface area contributed by atoms with Gasteiger partial charge in [-0.15, -0.1) is 11.3 Å². The third-order valence-corrected chi connectivity index (χ3v) is 11.5. The Morgan fingerprint density at radius 1 is 1.33 bits per heavy atom. The highest BCUT2D eigenvalue weighted by Crippen LogP contribution is 2.50. The Bertz CT molecular complexity index is 2130. The number of rotatable bonds is 6. The van der Waals surface area contributed by atoms with Crippen molar-refractivity contribution in [3.05, 3.63) is 58.7 Å². The van der Waals surface area contributed by atoms with Crippen molar-refractivity contribution in [2.24, 2.45) is 0 Å². The van der Waals surface area contributed by atoms with Crippen molar-refractivity contribution < 1.29 is 18.3 Å². The van der Waals surface area contributed by atoms with Gasteiger partial charge < -0.3 is 20.3 Å². The average molecular weight is 703 g/mol. The molecule has 1 amide bonds. The summed E-state index contributed by atoms with van der Waals surface area (Å²) in [6.07, 6.45) is 2.47. The van der Waals surface area contributed by atoms with Gasteiger partial charge in [0.2, 0.25) is 11.6 Å². The normalized spacial score (nSPS) is 23.9. The van der Waals surface area contributed by atoms with Crippen LogP contribution in [0, 0.1) is 23.7 Å². The molecule has 0 unspecified atom stereocenters. The lowest BCUT2D eigenvalue weighted by molar-refractivity contribution is -0.128. The molecule has 5 heterocycles. The number of carbonyl (C=O) groups is 1. The van der Waals surface area contributed by atoms with Crippen LogP contribution in [-0.2, 0) is 4.79 Å². The molecule has 4 atom stereocenters. The molecule has 10 nitrogen and oxygen atoms in total. The minimum absolute atomic E-state index is 0.0407. The fourth-order valence-electron chi connectivity index (χ4n) is 7.81. The zero-order valence-corrected chi connectivity index (χ0v) is 28.5. The minimum atomic E-state index is -0.936. The molecule has 4 aromatic rings. The molecule has 0 bridgehead atoms. The first-order valence-electron chi connectivity index (χ1n) is 16.0. The van der Waals surface area contributed by atoms with Crippen LogP contribution in [-0.4, -0.2) is 82.3 Å². The monoisotopic (exact) mass is 702 g/mol. The number of nitrogens with two attached hydrogens (primary N) is 1. The summed E-state index contributed by atoms with van der Waals surface area (Å²) in [5, 5.41) is 11.5. The first-order valence-corrected chi connectivity index (χ1v) is 17.2. The van der Waals surface area contributed by atoms with Crippen LogP contribution >= 0.6 is 22.9 Å². The summed E-state index contributed by atoms with van der Waals surface area (Å²) in [5.41, 5.74) is 6.88. The highest BCUT2D eigenvalue weighted by atomic mass is 35.5. The van der Waals surface area contributed by atoms with Crippen LogP contribution in [0.3, 0.4) is 0 Å². The Labute approximate surface area is 291 Å². The molecule has 0 saturated carbocycles. The van der Waals surface area contributed by atoms with E-state index in [2.05, 4.69) is 22.4 Å². The second-order valence-electron chi connectivity index (χ2n) is 13.1. The summed E-state index contributed by atoms with van der Waals surface area (Å²) in [7, 11) is 0. The molecule has 3 saturated heterocycles. The van der Waals surface area contributed by atoms with Crippen molar-refractivity contribution >= 4 is 66.3 Å². The van der Waals surface area contributed by atoms with Gasteiger partial charge in [-0.25, -0.2) is 13.6 Å². The van der Waals surface area contributed by atoms with Crippen LogP contribution in [0.4, 0.5) is 25.3 Å². The molecule has 2 N–H and O–H groups in total. The summed E-state index contributed by atoms with van der Waals surface area (Å²) in [5.74, 6) is -0.242. The van der Waals surface area contributed by atoms with Gasteiger partial charge in [0, 0.05) is 54.5 Å².